The summed E-state index contributed by atoms with van der Waals surface area (Å²) < 4.78 is 20.8. The Morgan fingerprint density at radius 1 is 0.556 bits per heavy atom. The molecule has 158 valence electrons. The molecular weight excluding hydrogens is 370 g/mol. The van der Waals surface area contributed by atoms with Crippen molar-refractivity contribution < 1.29 is 48.1 Å². The minimum absolute atomic E-state index is 0. The second-order valence-electron chi connectivity index (χ2n) is 7.42. The Bertz CT molecular complexity index is 329. The smallest absolute Gasteiger partial charge is 0.756 e. The third-order valence-corrected chi connectivity index (χ3v) is 5.70. The van der Waals surface area contributed by atoms with Gasteiger partial charge in [0.15, 0.2) is 0 Å². The molecule has 0 aromatic heterocycles. The van der Waals surface area contributed by atoms with Crippen LogP contribution in [0.4, 0.5) is 0 Å². The molecule has 4 nitrogen and oxygen atoms in total. The molecule has 0 aromatic carbocycles. The van der Waals surface area contributed by atoms with Gasteiger partial charge < -0.3 is 13.9 Å². The minimum atomic E-state index is -4.05. The molecule has 0 aliphatic carbocycles. The van der Waals surface area contributed by atoms with Crippen LogP contribution in [0, 0.1) is 0 Å². The zero-order valence-corrected chi connectivity index (χ0v) is 21.4. The van der Waals surface area contributed by atoms with Crippen LogP contribution in [0.1, 0.15) is 123 Å². The van der Waals surface area contributed by atoms with Crippen molar-refractivity contribution in [1.29, 1.82) is 0 Å². The van der Waals surface area contributed by atoms with Crippen molar-refractivity contribution in [1.82, 2.24) is 0 Å². The molecule has 0 N–H and O–H groups in total. The van der Waals surface area contributed by atoms with Crippen LogP contribution in [0.5, 0.6) is 0 Å². The monoisotopic (exact) mass is 414 g/mol. The van der Waals surface area contributed by atoms with Crippen molar-refractivity contribution in [3.05, 3.63) is 0 Å². The van der Waals surface area contributed by atoms with E-state index in [0.717, 1.165) is 12.8 Å². The number of rotatable bonds is 21. The van der Waals surface area contributed by atoms with Gasteiger partial charge in [0.05, 0.1) is 13.2 Å². The fourth-order valence-electron chi connectivity index (χ4n) is 3.07. The molecule has 0 spiro atoms. The average molecular weight is 415 g/mol. The Morgan fingerprint density at radius 2 is 0.889 bits per heavy atom. The van der Waals surface area contributed by atoms with Gasteiger partial charge in [-0.2, -0.15) is 0 Å². The Morgan fingerprint density at radius 3 is 1.26 bits per heavy atom. The summed E-state index contributed by atoms with van der Waals surface area (Å²) in [4.78, 5) is 11.3. The zero-order chi connectivity index (χ0) is 19.3. The van der Waals surface area contributed by atoms with Gasteiger partial charge in [0.25, 0.3) is 7.82 Å². The van der Waals surface area contributed by atoms with Gasteiger partial charge in [0.2, 0.25) is 0 Å². The fraction of sp³-hybridized carbons (Fsp3) is 1.00. The van der Waals surface area contributed by atoms with Crippen LogP contribution >= 0.6 is 7.82 Å². The molecule has 0 aliphatic rings. The quantitative estimate of drug-likeness (QED) is 0.161. The van der Waals surface area contributed by atoms with Gasteiger partial charge >= 0.3 is 29.6 Å². The maximum atomic E-state index is 11.3. The summed E-state index contributed by atoms with van der Waals surface area (Å²) in [7, 11) is -4.05. The normalized spacial score (nSPS) is 13.3. The molecule has 0 rings (SSSR count). The maximum Gasteiger partial charge on any atom is 1.00 e. The van der Waals surface area contributed by atoms with Crippen molar-refractivity contribution in [2.45, 2.75) is 123 Å². The summed E-state index contributed by atoms with van der Waals surface area (Å²) >= 11 is 0. The van der Waals surface area contributed by atoms with Crippen molar-refractivity contribution in [2.75, 3.05) is 13.2 Å². The van der Waals surface area contributed by atoms with E-state index in [0.29, 0.717) is 6.42 Å². The van der Waals surface area contributed by atoms with E-state index >= 15 is 0 Å². The van der Waals surface area contributed by atoms with E-state index in [1.165, 1.54) is 89.9 Å². The van der Waals surface area contributed by atoms with Gasteiger partial charge in [0, 0.05) is 0 Å². The largest absolute Gasteiger partial charge is 1.00 e. The van der Waals surface area contributed by atoms with Crippen molar-refractivity contribution in [2.24, 2.45) is 0 Å². The third kappa shape index (κ3) is 25.1. The van der Waals surface area contributed by atoms with E-state index < -0.39 is 7.82 Å². The molecule has 0 radical (unpaired) electrons. The average Bonchev–Trinajstić information content (AvgIpc) is 2.62. The molecule has 0 saturated heterocycles. The molecule has 0 fully saturated rings. The van der Waals surface area contributed by atoms with E-state index in [9.17, 15) is 9.46 Å². The van der Waals surface area contributed by atoms with Crippen LogP contribution in [0.25, 0.3) is 0 Å². The second-order valence-corrected chi connectivity index (χ2v) is 8.83. The Labute approximate surface area is 191 Å². The number of unbranched alkanes of at least 4 members (excludes halogenated alkanes) is 15. The van der Waals surface area contributed by atoms with Crippen molar-refractivity contribution in [3.63, 3.8) is 0 Å². The summed E-state index contributed by atoms with van der Waals surface area (Å²) in [5.74, 6) is 0. The number of phosphoric acid groups is 1. The van der Waals surface area contributed by atoms with Crippen molar-refractivity contribution in [3.8, 4) is 0 Å². The van der Waals surface area contributed by atoms with E-state index in [4.69, 9.17) is 4.52 Å². The zero-order valence-electron chi connectivity index (χ0n) is 18.5. The molecule has 27 heavy (non-hydrogen) atoms. The molecular formula is C21H44NaO4P. The first-order valence-electron chi connectivity index (χ1n) is 11.2. The summed E-state index contributed by atoms with van der Waals surface area (Å²) in [6.07, 6.45) is 21.6. The van der Waals surface area contributed by atoms with Crippen molar-refractivity contribution >= 4 is 7.82 Å². The first kappa shape index (κ1) is 30.3. The van der Waals surface area contributed by atoms with Gasteiger partial charge in [-0.1, -0.05) is 110 Å². The van der Waals surface area contributed by atoms with Gasteiger partial charge in [0.1, 0.15) is 0 Å². The molecule has 0 aromatic rings. The predicted molar refractivity (Wildman–Crippen MR) is 109 cm³/mol. The predicted octanol–water partition coefficient (Wildman–Crippen LogP) is 4.16. The van der Waals surface area contributed by atoms with Crippen LogP contribution < -0.4 is 34.5 Å². The number of hydrogen-bond donors (Lipinski definition) is 0. The number of phosphoric ester groups is 1. The SMILES string of the molecule is CCCCCCCCCCCCCCCCCCOP(=O)([O-])OCCC.[Na+]. The van der Waals surface area contributed by atoms with Crippen LogP contribution in [0.15, 0.2) is 0 Å². The summed E-state index contributed by atoms with van der Waals surface area (Å²) in [6, 6.07) is 0. The molecule has 1 unspecified atom stereocenters. The van der Waals surface area contributed by atoms with E-state index in [1.54, 1.807) is 0 Å². The van der Waals surface area contributed by atoms with Gasteiger partial charge in [-0.05, 0) is 12.8 Å². The van der Waals surface area contributed by atoms with Gasteiger partial charge in [-0.15, -0.1) is 0 Å². The standard InChI is InChI=1S/C21H45O4P.Na/c1-3-5-6-7-8-9-10-11-12-13-14-15-16-17-18-19-21-25-26(22,23)24-20-4-2;/h3-21H2,1-2H3,(H,22,23);/q;+1/p-1. The van der Waals surface area contributed by atoms with E-state index in [1.807, 2.05) is 6.92 Å². The Kier molecular flexibility index (Phi) is 26.3. The van der Waals surface area contributed by atoms with Crippen LogP contribution in [0.2, 0.25) is 0 Å². The number of hydrogen-bond acceptors (Lipinski definition) is 4. The Balaban J connectivity index is 0. The third-order valence-electron chi connectivity index (χ3n) is 4.70. The molecule has 0 heterocycles. The summed E-state index contributed by atoms with van der Waals surface area (Å²) in [5, 5.41) is 0. The van der Waals surface area contributed by atoms with Gasteiger partial charge in [-0.25, -0.2) is 0 Å². The molecule has 6 heteroatoms. The first-order chi connectivity index (χ1) is 12.6. The molecule has 0 amide bonds. The first-order valence-corrected chi connectivity index (χ1v) is 12.7. The fourth-order valence-corrected chi connectivity index (χ4v) is 3.90. The van der Waals surface area contributed by atoms with Crippen LogP contribution in [-0.2, 0) is 13.6 Å². The second kappa shape index (κ2) is 23.4. The molecule has 0 saturated carbocycles. The molecule has 0 aliphatic heterocycles. The minimum Gasteiger partial charge on any atom is -0.756 e. The van der Waals surface area contributed by atoms with E-state index in [2.05, 4.69) is 11.4 Å². The van der Waals surface area contributed by atoms with Crippen LogP contribution in [0.3, 0.4) is 0 Å². The van der Waals surface area contributed by atoms with Crippen LogP contribution in [-0.4, -0.2) is 13.2 Å². The molecule has 1 atom stereocenters. The summed E-state index contributed by atoms with van der Waals surface area (Å²) in [5.41, 5.74) is 0. The van der Waals surface area contributed by atoms with E-state index in [-0.39, 0.29) is 42.8 Å². The topological polar surface area (TPSA) is 58.6 Å². The maximum absolute atomic E-state index is 11.3. The summed E-state index contributed by atoms with van der Waals surface area (Å²) in [6.45, 7) is 4.60. The van der Waals surface area contributed by atoms with Gasteiger partial charge in [-0.3, -0.25) is 4.57 Å². The molecule has 0 bridgehead atoms. The Hall–Kier alpha value is 1.11.